The van der Waals surface area contributed by atoms with Gasteiger partial charge < -0.3 is 5.32 Å². The van der Waals surface area contributed by atoms with Crippen LogP contribution in [0, 0.1) is 5.41 Å². The van der Waals surface area contributed by atoms with Gasteiger partial charge in [0.1, 0.15) is 12.1 Å². The summed E-state index contributed by atoms with van der Waals surface area (Å²) in [6, 6.07) is 18.9. The van der Waals surface area contributed by atoms with Crippen LogP contribution in [-0.4, -0.2) is 15.9 Å². The second kappa shape index (κ2) is 5.49. The zero-order valence-electron chi connectivity index (χ0n) is 14.5. The summed E-state index contributed by atoms with van der Waals surface area (Å²) in [5, 5.41) is 3.01. The minimum atomic E-state index is -0.516. The van der Waals surface area contributed by atoms with E-state index in [1.54, 1.807) is 12.3 Å². The number of hydrogen-bond donors (Lipinski definition) is 1. The van der Waals surface area contributed by atoms with Crippen molar-refractivity contribution in [3.8, 4) is 0 Å². The van der Waals surface area contributed by atoms with E-state index < -0.39 is 5.41 Å². The van der Waals surface area contributed by atoms with Crippen LogP contribution in [0.5, 0.6) is 0 Å². The van der Waals surface area contributed by atoms with Crippen LogP contribution in [0.3, 0.4) is 0 Å². The quantitative estimate of drug-likeness (QED) is 0.763. The number of benzene rings is 2. The standard InChI is InChI=1S/C22H19N3O/c1-22(21(26)25-19-10-11-23-13-24-19)12-18-14-6-2-4-8-16(14)20(22)17-9-5-3-7-15(17)18/h2-11,13,18,20H,12H2,1H3,(H,23,24,25,26). The van der Waals surface area contributed by atoms with Gasteiger partial charge in [0.05, 0.1) is 5.41 Å². The molecule has 4 nitrogen and oxygen atoms in total. The topological polar surface area (TPSA) is 54.9 Å². The number of anilines is 1. The molecule has 128 valence electrons. The van der Waals surface area contributed by atoms with Crippen molar-refractivity contribution < 1.29 is 4.79 Å². The number of carbonyl (C=O) groups excluding carboxylic acids is 1. The molecular formula is C22H19N3O. The summed E-state index contributed by atoms with van der Waals surface area (Å²) in [5.74, 6) is 0.889. The number of nitrogens with zero attached hydrogens (tertiary/aromatic N) is 2. The third kappa shape index (κ3) is 2.05. The van der Waals surface area contributed by atoms with E-state index in [2.05, 4.69) is 70.7 Å². The summed E-state index contributed by atoms with van der Waals surface area (Å²) < 4.78 is 0. The van der Waals surface area contributed by atoms with Crippen molar-refractivity contribution in [1.82, 2.24) is 9.97 Å². The van der Waals surface area contributed by atoms with Gasteiger partial charge in [0.25, 0.3) is 0 Å². The number of rotatable bonds is 2. The molecule has 0 radical (unpaired) electrons. The van der Waals surface area contributed by atoms with Gasteiger partial charge in [0.15, 0.2) is 0 Å². The molecule has 0 aliphatic heterocycles. The summed E-state index contributed by atoms with van der Waals surface area (Å²) >= 11 is 0. The van der Waals surface area contributed by atoms with Gasteiger partial charge in [-0.3, -0.25) is 4.79 Å². The van der Waals surface area contributed by atoms with Crippen LogP contribution in [0.15, 0.2) is 67.1 Å². The lowest BCUT2D eigenvalue weighted by Gasteiger charge is -2.50. The van der Waals surface area contributed by atoms with Gasteiger partial charge in [-0.15, -0.1) is 0 Å². The van der Waals surface area contributed by atoms with Gasteiger partial charge in [-0.25, -0.2) is 9.97 Å². The van der Waals surface area contributed by atoms with Crippen molar-refractivity contribution in [2.45, 2.75) is 25.2 Å². The number of amides is 1. The predicted octanol–water partition coefficient (Wildman–Crippen LogP) is 4.10. The Hall–Kier alpha value is -3.01. The van der Waals surface area contributed by atoms with Crippen molar-refractivity contribution in [2.24, 2.45) is 5.41 Å². The van der Waals surface area contributed by atoms with Crippen LogP contribution in [0.2, 0.25) is 0 Å². The SMILES string of the molecule is CC1(C(=O)Nc2ccncn2)CC2c3ccccc3C1c1ccccc12. The largest absolute Gasteiger partial charge is 0.310 e. The van der Waals surface area contributed by atoms with E-state index in [-0.39, 0.29) is 17.7 Å². The number of nitrogens with one attached hydrogen (secondary N) is 1. The average Bonchev–Trinajstić information content (AvgIpc) is 2.69. The summed E-state index contributed by atoms with van der Waals surface area (Å²) in [7, 11) is 0. The normalized spacial score (nSPS) is 25.3. The lowest BCUT2D eigenvalue weighted by molar-refractivity contribution is -0.126. The highest BCUT2D eigenvalue weighted by atomic mass is 16.2. The zero-order valence-corrected chi connectivity index (χ0v) is 14.5. The number of fused-ring (bicyclic) bond motifs is 1. The maximum atomic E-state index is 13.3. The fraction of sp³-hybridized carbons (Fsp3) is 0.227. The molecule has 0 spiro atoms. The molecular weight excluding hydrogens is 322 g/mol. The fourth-order valence-electron chi connectivity index (χ4n) is 4.81. The third-order valence-electron chi connectivity index (χ3n) is 5.97. The van der Waals surface area contributed by atoms with E-state index in [4.69, 9.17) is 0 Å². The molecule has 6 rings (SSSR count). The fourth-order valence-corrected chi connectivity index (χ4v) is 4.81. The zero-order chi connectivity index (χ0) is 17.7. The van der Waals surface area contributed by atoms with E-state index in [9.17, 15) is 4.79 Å². The van der Waals surface area contributed by atoms with Crippen LogP contribution in [0.4, 0.5) is 5.82 Å². The molecule has 0 fully saturated rings. The van der Waals surface area contributed by atoms with Crippen LogP contribution in [0.1, 0.15) is 47.4 Å². The monoisotopic (exact) mass is 341 g/mol. The first-order valence-corrected chi connectivity index (χ1v) is 8.93. The molecule has 1 unspecified atom stereocenters. The summed E-state index contributed by atoms with van der Waals surface area (Å²) in [4.78, 5) is 21.4. The number of aromatic nitrogens is 2. The molecule has 4 heteroatoms. The molecule has 3 aliphatic carbocycles. The summed E-state index contributed by atoms with van der Waals surface area (Å²) in [5.41, 5.74) is 4.77. The van der Waals surface area contributed by atoms with Crippen molar-refractivity contribution in [2.75, 3.05) is 5.32 Å². The molecule has 1 atom stereocenters. The van der Waals surface area contributed by atoms with Crippen LogP contribution >= 0.6 is 0 Å². The van der Waals surface area contributed by atoms with E-state index in [0.29, 0.717) is 5.82 Å². The van der Waals surface area contributed by atoms with Crippen molar-refractivity contribution in [3.05, 3.63) is 89.4 Å². The van der Waals surface area contributed by atoms with Gasteiger partial charge in [-0.1, -0.05) is 48.5 Å². The van der Waals surface area contributed by atoms with Crippen molar-refractivity contribution in [3.63, 3.8) is 0 Å². The smallest absolute Gasteiger partial charge is 0.232 e. The minimum Gasteiger partial charge on any atom is -0.310 e. The highest BCUT2D eigenvalue weighted by Gasteiger charge is 2.53. The highest BCUT2D eigenvalue weighted by Crippen LogP contribution is 2.61. The Bertz CT molecular complexity index is 954. The molecule has 3 aliphatic rings. The van der Waals surface area contributed by atoms with Gasteiger partial charge >= 0.3 is 0 Å². The Morgan fingerprint density at radius 1 is 1.00 bits per heavy atom. The average molecular weight is 341 g/mol. The molecule has 1 amide bonds. The second-order valence-electron chi connectivity index (χ2n) is 7.41. The molecule has 26 heavy (non-hydrogen) atoms. The molecule has 3 aromatic rings. The second-order valence-corrected chi connectivity index (χ2v) is 7.41. The molecule has 1 aromatic heterocycles. The Balaban J connectivity index is 1.63. The van der Waals surface area contributed by atoms with Gasteiger partial charge in [-0.2, -0.15) is 0 Å². The lowest BCUT2D eigenvalue weighted by atomic mass is 9.52. The molecule has 0 saturated heterocycles. The van der Waals surface area contributed by atoms with Gasteiger partial charge in [0.2, 0.25) is 5.91 Å². The van der Waals surface area contributed by atoms with Crippen LogP contribution in [-0.2, 0) is 4.79 Å². The minimum absolute atomic E-state index is 0.0233. The molecule has 1 heterocycles. The predicted molar refractivity (Wildman–Crippen MR) is 100.0 cm³/mol. The summed E-state index contributed by atoms with van der Waals surface area (Å²) in [6.07, 6.45) is 3.90. The van der Waals surface area contributed by atoms with Gasteiger partial charge in [0, 0.05) is 18.0 Å². The number of carbonyl (C=O) groups is 1. The summed E-state index contributed by atoms with van der Waals surface area (Å²) in [6.45, 7) is 2.09. The maximum Gasteiger partial charge on any atom is 0.232 e. The third-order valence-corrected chi connectivity index (χ3v) is 5.97. The first kappa shape index (κ1) is 15.3. The Morgan fingerprint density at radius 3 is 2.19 bits per heavy atom. The van der Waals surface area contributed by atoms with E-state index in [1.807, 2.05) is 0 Å². The van der Waals surface area contributed by atoms with E-state index in [1.165, 1.54) is 28.6 Å². The van der Waals surface area contributed by atoms with Crippen molar-refractivity contribution >= 4 is 11.7 Å². The molecule has 1 N–H and O–H groups in total. The highest BCUT2D eigenvalue weighted by molar-refractivity contribution is 5.96. The van der Waals surface area contributed by atoms with Crippen LogP contribution in [0.25, 0.3) is 0 Å². The maximum absolute atomic E-state index is 13.3. The number of hydrogen-bond acceptors (Lipinski definition) is 3. The van der Waals surface area contributed by atoms with E-state index >= 15 is 0 Å². The molecule has 2 aromatic carbocycles. The van der Waals surface area contributed by atoms with Crippen LogP contribution < -0.4 is 5.32 Å². The van der Waals surface area contributed by atoms with E-state index in [0.717, 1.165) is 6.42 Å². The first-order chi connectivity index (χ1) is 12.7. The Kier molecular flexibility index (Phi) is 3.23. The van der Waals surface area contributed by atoms with Gasteiger partial charge in [-0.05, 0) is 41.7 Å². The first-order valence-electron chi connectivity index (χ1n) is 8.93. The molecule has 0 saturated carbocycles. The Morgan fingerprint density at radius 2 is 1.62 bits per heavy atom. The van der Waals surface area contributed by atoms with Crippen molar-refractivity contribution in [1.29, 1.82) is 0 Å². The lowest BCUT2D eigenvalue weighted by Crippen LogP contribution is -2.47. The molecule has 2 bridgehead atoms. The Labute approximate surface area is 152 Å².